The number of aryl methyl sites for hydroxylation is 1. The summed E-state index contributed by atoms with van der Waals surface area (Å²) in [5, 5.41) is 19.4. The van der Waals surface area contributed by atoms with Crippen LogP contribution in [0.15, 0.2) is 23.1 Å². The Morgan fingerprint density at radius 3 is 2.56 bits per heavy atom. The van der Waals surface area contributed by atoms with Gasteiger partial charge in [0.15, 0.2) is 0 Å². The summed E-state index contributed by atoms with van der Waals surface area (Å²) in [5.41, 5.74) is 0.114. The maximum absolute atomic E-state index is 11.9. The number of sulfonamides is 1. The van der Waals surface area contributed by atoms with Crippen LogP contribution in [0.1, 0.15) is 12.5 Å². The van der Waals surface area contributed by atoms with E-state index in [1.165, 1.54) is 26.0 Å². The number of aliphatic hydroxyl groups excluding tert-OH is 1. The highest BCUT2D eigenvalue weighted by Gasteiger charge is 2.20. The van der Waals surface area contributed by atoms with Crippen LogP contribution in [-0.4, -0.2) is 31.1 Å². The standard InChI is InChI=1S/C10H14N2O5S/c1-7-5-9(12(14)15)3-4-10(7)18(16,17)11-8(2)6-13/h3-5,8,11,13H,6H2,1-2H3. The van der Waals surface area contributed by atoms with Crippen molar-refractivity contribution in [3.8, 4) is 0 Å². The van der Waals surface area contributed by atoms with Crippen molar-refractivity contribution in [3.05, 3.63) is 33.9 Å². The molecular formula is C10H14N2O5S. The SMILES string of the molecule is Cc1cc([N+](=O)[O-])ccc1S(=O)(=O)NC(C)CO. The van der Waals surface area contributed by atoms with E-state index in [0.717, 1.165) is 6.07 Å². The molecule has 0 aliphatic heterocycles. The van der Waals surface area contributed by atoms with Crippen LogP contribution in [0.25, 0.3) is 0 Å². The summed E-state index contributed by atoms with van der Waals surface area (Å²) in [7, 11) is -3.78. The van der Waals surface area contributed by atoms with Gasteiger partial charge >= 0.3 is 0 Å². The van der Waals surface area contributed by atoms with Crippen molar-refractivity contribution < 1.29 is 18.4 Å². The summed E-state index contributed by atoms with van der Waals surface area (Å²) in [6.07, 6.45) is 0. The van der Waals surface area contributed by atoms with Crippen molar-refractivity contribution in [2.75, 3.05) is 6.61 Å². The summed E-state index contributed by atoms with van der Waals surface area (Å²) in [4.78, 5) is 9.92. The van der Waals surface area contributed by atoms with Gasteiger partial charge in [0.25, 0.3) is 5.69 Å². The molecule has 0 heterocycles. The smallest absolute Gasteiger partial charge is 0.269 e. The van der Waals surface area contributed by atoms with E-state index in [0.29, 0.717) is 0 Å². The summed E-state index contributed by atoms with van der Waals surface area (Å²) >= 11 is 0. The van der Waals surface area contributed by atoms with Crippen molar-refractivity contribution in [1.29, 1.82) is 0 Å². The molecule has 1 aromatic carbocycles. The molecule has 0 saturated heterocycles. The van der Waals surface area contributed by atoms with Gasteiger partial charge in [0.1, 0.15) is 0 Å². The average molecular weight is 274 g/mol. The molecule has 1 unspecified atom stereocenters. The zero-order chi connectivity index (χ0) is 13.9. The molecule has 0 saturated carbocycles. The Labute approximate surface area is 105 Å². The van der Waals surface area contributed by atoms with E-state index in [1.54, 1.807) is 0 Å². The first-order valence-electron chi connectivity index (χ1n) is 5.16. The average Bonchev–Trinajstić information content (AvgIpc) is 2.27. The zero-order valence-corrected chi connectivity index (χ0v) is 10.8. The Hall–Kier alpha value is -1.51. The second-order valence-electron chi connectivity index (χ2n) is 3.91. The molecule has 0 spiro atoms. The van der Waals surface area contributed by atoms with Gasteiger partial charge in [-0.25, -0.2) is 13.1 Å². The van der Waals surface area contributed by atoms with Crippen molar-refractivity contribution in [2.45, 2.75) is 24.8 Å². The van der Waals surface area contributed by atoms with Crippen LogP contribution in [0.4, 0.5) is 5.69 Å². The number of rotatable bonds is 5. The molecule has 1 atom stereocenters. The topological polar surface area (TPSA) is 110 Å². The van der Waals surface area contributed by atoms with E-state index in [4.69, 9.17) is 5.11 Å². The molecule has 8 heteroatoms. The van der Waals surface area contributed by atoms with Crippen LogP contribution >= 0.6 is 0 Å². The van der Waals surface area contributed by atoms with Gasteiger partial charge in [0.05, 0.1) is 16.4 Å². The molecule has 0 aromatic heterocycles. The number of non-ortho nitro benzene ring substituents is 1. The molecule has 0 radical (unpaired) electrons. The lowest BCUT2D eigenvalue weighted by atomic mass is 10.2. The summed E-state index contributed by atoms with van der Waals surface area (Å²) in [6.45, 7) is 2.66. The van der Waals surface area contributed by atoms with Gasteiger partial charge in [-0.05, 0) is 25.5 Å². The maximum atomic E-state index is 11.9. The maximum Gasteiger partial charge on any atom is 0.269 e. The fourth-order valence-corrected chi connectivity index (χ4v) is 2.88. The Morgan fingerprint density at radius 2 is 2.11 bits per heavy atom. The fraction of sp³-hybridized carbons (Fsp3) is 0.400. The third kappa shape index (κ3) is 3.25. The molecule has 0 bridgehead atoms. The Balaban J connectivity index is 3.14. The van der Waals surface area contributed by atoms with Crippen molar-refractivity contribution in [3.63, 3.8) is 0 Å². The van der Waals surface area contributed by atoms with Crippen molar-refractivity contribution >= 4 is 15.7 Å². The molecule has 1 rings (SSSR count). The molecule has 100 valence electrons. The summed E-state index contributed by atoms with van der Waals surface area (Å²) in [6, 6.07) is 2.88. The third-order valence-corrected chi connectivity index (χ3v) is 4.04. The zero-order valence-electron chi connectivity index (χ0n) is 9.95. The van der Waals surface area contributed by atoms with Crippen molar-refractivity contribution in [1.82, 2.24) is 4.72 Å². The molecule has 0 fully saturated rings. The number of hydrogen-bond donors (Lipinski definition) is 2. The second kappa shape index (κ2) is 5.42. The molecule has 7 nitrogen and oxygen atoms in total. The van der Waals surface area contributed by atoms with Crippen LogP contribution in [-0.2, 0) is 10.0 Å². The van der Waals surface area contributed by atoms with Gasteiger partial charge in [0.2, 0.25) is 10.0 Å². The predicted molar refractivity (Wildman–Crippen MR) is 64.7 cm³/mol. The molecule has 0 amide bonds. The summed E-state index contributed by atoms with van der Waals surface area (Å²) < 4.78 is 26.1. The fourth-order valence-electron chi connectivity index (χ4n) is 1.41. The Bertz CT molecular complexity index is 555. The van der Waals surface area contributed by atoms with Gasteiger partial charge in [-0.15, -0.1) is 0 Å². The molecule has 0 aliphatic rings. The first-order valence-corrected chi connectivity index (χ1v) is 6.64. The minimum Gasteiger partial charge on any atom is -0.395 e. The van der Waals surface area contributed by atoms with Crippen LogP contribution in [0.3, 0.4) is 0 Å². The monoisotopic (exact) mass is 274 g/mol. The van der Waals surface area contributed by atoms with E-state index in [2.05, 4.69) is 4.72 Å². The van der Waals surface area contributed by atoms with Crippen LogP contribution in [0.2, 0.25) is 0 Å². The number of nitrogens with one attached hydrogen (secondary N) is 1. The van der Waals surface area contributed by atoms with Crippen LogP contribution in [0.5, 0.6) is 0 Å². The second-order valence-corrected chi connectivity index (χ2v) is 5.59. The minimum absolute atomic E-state index is 0.0339. The molecule has 18 heavy (non-hydrogen) atoms. The third-order valence-electron chi connectivity index (χ3n) is 2.29. The van der Waals surface area contributed by atoms with E-state index >= 15 is 0 Å². The van der Waals surface area contributed by atoms with Gasteiger partial charge in [-0.1, -0.05) is 0 Å². The molecule has 1 aromatic rings. The lowest BCUT2D eigenvalue weighted by Gasteiger charge is -2.12. The number of aliphatic hydroxyl groups is 1. The quantitative estimate of drug-likeness (QED) is 0.602. The van der Waals surface area contributed by atoms with E-state index in [9.17, 15) is 18.5 Å². The lowest BCUT2D eigenvalue weighted by molar-refractivity contribution is -0.385. The predicted octanol–water partition coefficient (Wildman–Crippen LogP) is 0.562. The van der Waals surface area contributed by atoms with E-state index in [-0.39, 0.29) is 22.8 Å². The van der Waals surface area contributed by atoms with E-state index < -0.39 is 21.0 Å². The number of nitro groups is 1. The normalized spacial score (nSPS) is 13.3. The van der Waals surface area contributed by atoms with Crippen molar-refractivity contribution in [2.24, 2.45) is 0 Å². The molecule has 2 N–H and O–H groups in total. The Morgan fingerprint density at radius 1 is 1.50 bits per heavy atom. The highest BCUT2D eigenvalue weighted by atomic mass is 32.2. The van der Waals surface area contributed by atoms with Gasteiger partial charge < -0.3 is 5.11 Å². The van der Waals surface area contributed by atoms with Gasteiger partial charge in [-0.2, -0.15) is 0 Å². The highest BCUT2D eigenvalue weighted by Crippen LogP contribution is 2.21. The number of benzene rings is 1. The molecular weight excluding hydrogens is 260 g/mol. The Kier molecular flexibility index (Phi) is 4.38. The molecule has 0 aliphatic carbocycles. The lowest BCUT2D eigenvalue weighted by Crippen LogP contribution is -2.35. The summed E-state index contributed by atoms with van der Waals surface area (Å²) in [5.74, 6) is 0. The highest BCUT2D eigenvalue weighted by molar-refractivity contribution is 7.89. The minimum atomic E-state index is -3.78. The van der Waals surface area contributed by atoms with E-state index in [1.807, 2.05) is 0 Å². The number of hydrogen-bond acceptors (Lipinski definition) is 5. The first-order chi connectivity index (χ1) is 8.27. The van der Waals surface area contributed by atoms with Gasteiger partial charge in [-0.3, -0.25) is 10.1 Å². The van der Waals surface area contributed by atoms with Crippen LogP contribution < -0.4 is 4.72 Å². The first kappa shape index (κ1) is 14.6. The van der Waals surface area contributed by atoms with Gasteiger partial charge in [0, 0.05) is 18.2 Å². The number of nitrogens with zero attached hydrogens (tertiary/aromatic N) is 1. The van der Waals surface area contributed by atoms with Crippen LogP contribution in [0, 0.1) is 17.0 Å². The number of nitro benzene ring substituents is 1. The largest absolute Gasteiger partial charge is 0.395 e.